The number of carbonyl (C=O) groups is 1. The second-order valence-corrected chi connectivity index (χ2v) is 5.16. The first-order valence-electron chi connectivity index (χ1n) is 6.39. The van der Waals surface area contributed by atoms with Crippen molar-refractivity contribution in [3.8, 4) is 5.75 Å². The van der Waals surface area contributed by atoms with Crippen LogP contribution in [-0.4, -0.2) is 19.7 Å². The van der Waals surface area contributed by atoms with Crippen LogP contribution in [0.25, 0.3) is 6.08 Å². The molecule has 0 radical (unpaired) electrons. The number of hydrogen-bond donors (Lipinski definition) is 0. The Balaban J connectivity index is 2.07. The predicted molar refractivity (Wildman–Crippen MR) is 86.5 cm³/mol. The standard InChI is InChI=1S/C17H15BrO3/c1-20-12-21-17-10-8-13(11-15(17)18)7-9-16(19)14-5-3-2-4-6-14/h2-11H,12H2,1H3/b9-7+. The molecule has 2 rings (SSSR count). The fourth-order valence-corrected chi connectivity index (χ4v) is 2.24. The van der Waals surface area contributed by atoms with Crippen LogP contribution in [0.2, 0.25) is 0 Å². The summed E-state index contributed by atoms with van der Waals surface area (Å²) in [5.74, 6) is 0.676. The number of benzene rings is 2. The number of halogens is 1. The average molecular weight is 347 g/mol. The highest BCUT2D eigenvalue weighted by Gasteiger charge is 2.03. The van der Waals surface area contributed by atoms with Gasteiger partial charge in [0.05, 0.1) is 4.47 Å². The van der Waals surface area contributed by atoms with Crippen molar-refractivity contribution in [1.29, 1.82) is 0 Å². The van der Waals surface area contributed by atoms with Crippen LogP contribution in [-0.2, 0) is 4.74 Å². The molecule has 2 aromatic rings. The van der Waals surface area contributed by atoms with Gasteiger partial charge in [-0.2, -0.15) is 0 Å². The Morgan fingerprint density at radius 1 is 1.19 bits per heavy atom. The molecule has 4 heteroatoms. The zero-order valence-electron chi connectivity index (χ0n) is 11.6. The maximum atomic E-state index is 12.0. The molecule has 0 unspecified atom stereocenters. The lowest BCUT2D eigenvalue weighted by atomic mass is 10.1. The number of rotatable bonds is 6. The number of ketones is 1. The minimum Gasteiger partial charge on any atom is -0.466 e. The van der Waals surface area contributed by atoms with Gasteiger partial charge in [-0.1, -0.05) is 42.5 Å². The van der Waals surface area contributed by atoms with Crippen LogP contribution in [0.15, 0.2) is 59.1 Å². The van der Waals surface area contributed by atoms with Crippen LogP contribution in [0.1, 0.15) is 15.9 Å². The first-order chi connectivity index (χ1) is 10.2. The fourth-order valence-electron chi connectivity index (χ4n) is 1.73. The van der Waals surface area contributed by atoms with E-state index >= 15 is 0 Å². The molecule has 0 aliphatic carbocycles. The van der Waals surface area contributed by atoms with Crippen molar-refractivity contribution in [2.24, 2.45) is 0 Å². The van der Waals surface area contributed by atoms with Crippen molar-refractivity contribution >= 4 is 27.8 Å². The minimum atomic E-state index is -0.0218. The minimum absolute atomic E-state index is 0.0218. The van der Waals surface area contributed by atoms with Crippen LogP contribution in [0.3, 0.4) is 0 Å². The molecule has 0 spiro atoms. The summed E-state index contributed by atoms with van der Waals surface area (Å²) < 4.78 is 11.0. The van der Waals surface area contributed by atoms with Gasteiger partial charge in [0.2, 0.25) is 0 Å². The molecule has 3 nitrogen and oxygen atoms in total. The zero-order valence-corrected chi connectivity index (χ0v) is 13.2. The van der Waals surface area contributed by atoms with E-state index in [1.165, 1.54) is 0 Å². The Morgan fingerprint density at radius 3 is 2.62 bits per heavy atom. The van der Waals surface area contributed by atoms with E-state index < -0.39 is 0 Å². The smallest absolute Gasteiger partial charge is 0.188 e. The van der Waals surface area contributed by atoms with Gasteiger partial charge >= 0.3 is 0 Å². The Bertz CT molecular complexity index is 636. The molecule has 21 heavy (non-hydrogen) atoms. The summed E-state index contributed by atoms with van der Waals surface area (Å²) in [6, 6.07) is 14.8. The van der Waals surface area contributed by atoms with Crippen molar-refractivity contribution in [3.05, 3.63) is 70.2 Å². The maximum Gasteiger partial charge on any atom is 0.188 e. The first kappa shape index (κ1) is 15.5. The van der Waals surface area contributed by atoms with E-state index in [1.807, 2.05) is 36.4 Å². The molecule has 0 N–H and O–H groups in total. The van der Waals surface area contributed by atoms with Gasteiger partial charge < -0.3 is 9.47 Å². The molecule has 0 bridgehead atoms. The van der Waals surface area contributed by atoms with Gasteiger partial charge in [0, 0.05) is 12.7 Å². The molecule has 108 valence electrons. The normalized spacial score (nSPS) is 10.8. The lowest BCUT2D eigenvalue weighted by Gasteiger charge is -2.07. The zero-order chi connectivity index (χ0) is 15.1. The average Bonchev–Trinajstić information content (AvgIpc) is 2.52. The molecule has 2 aromatic carbocycles. The van der Waals surface area contributed by atoms with Crippen molar-refractivity contribution < 1.29 is 14.3 Å². The van der Waals surface area contributed by atoms with E-state index in [-0.39, 0.29) is 12.6 Å². The number of ether oxygens (including phenoxy) is 2. The monoisotopic (exact) mass is 346 g/mol. The third-order valence-corrected chi connectivity index (χ3v) is 3.39. The summed E-state index contributed by atoms with van der Waals surface area (Å²) in [6.45, 7) is 0.195. The highest BCUT2D eigenvalue weighted by atomic mass is 79.9. The maximum absolute atomic E-state index is 12.0. The third-order valence-electron chi connectivity index (χ3n) is 2.77. The van der Waals surface area contributed by atoms with E-state index in [9.17, 15) is 4.79 Å². The number of hydrogen-bond acceptors (Lipinski definition) is 3. The van der Waals surface area contributed by atoms with Gasteiger partial charge in [-0.15, -0.1) is 0 Å². The number of methoxy groups -OCH3 is 1. The molecular formula is C17H15BrO3. The lowest BCUT2D eigenvalue weighted by molar-refractivity contribution is 0.0506. The van der Waals surface area contributed by atoms with E-state index in [1.54, 1.807) is 31.4 Å². The van der Waals surface area contributed by atoms with Gasteiger partial charge in [-0.05, 0) is 39.7 Å². The van der Waals surface area contributed by atoms with Gasteiger partial charge in [-0.25, -0.2) is 0 Å². The summed E-state index contributed by atoms with van der Waals surface area (Å²) >= 11 is 3.43. The van der Waals surface area contributed by atoms with Crippen LogP contribution < -0.4 is 4.74 Å². The van der Waals surface area contributed by atoms with E-state index in [2.05, 4.69) is 15.9 Å². The Kier molecular flexibility index (Phi) is 5.72. The molecule has 0 aromatic heterocycles. The fraction of sp³-hybridized carbons (Fsp3) is 0.118. The Hall–Kier alpha value is -1.91. The van der Waals surface area contributed by atoms with Crippen molar-refractivity contribution in [3.63, 3.8) is 0 Å². The molecule has 0 saturated heterocycles. The number of allylic oxidation sites excluding steroid dienone is 1. The summed E-state index contributed by atoms with van der Waals surface area (Å²) in [5, 5.41) is 0. The van der Waals surface area contributed by atoms with E-state index in [0.717, 1.165) is 10.0 Å². The second-order valence-electron chi connectivity index (χ2n) is 4.30. The highest BCUT2D eigenvalue weighted by Crippen LogP contribution is 2.26. The Morgan fingerprint density at radius 2 is 1.95 bits per heavy atom. The molecule has 0 amide bonds. The molecular weight excluding hydrogens is 332 g/mol. The van der Waals surface area contributed by atoms with E-state index in [4.69, 9.17) is 9.47 Å². The van der Waals surface area contributed by atoms with Gasteiger partial charge in [-0.3, -0.25) is 4.79 Å². The van der Waals surface area contributed by atoms with Crippen molar-refractivity contribution in [1.82, 2.24) is 0 Å². The van der Waals surface area contributed by atoms with Crippen molar-refractivity contribution in [2.45, 2.75) is 0 Å². The first-order valence-corrected chi connectivity index (χ1v) is 7.19. The third kappa shape index (κ3) is 4.55. The molecule has 0 atom stereocenters. The predicted octanol–water partition coefficient (Wildman–Crippen LogP) is 4.33. The molecule has 0 aliphatic rings. The summed E-state index contributed by atoms with van der Waals surface area (Å²) in [5.41, 5.74) is 1.59. The SMILES string of the molecule is COCOc1ccc(/C=C/C(=O)c2ccccc2)cc1Br. The highest BCUT2D eigenvalue weighted by molar-refractivity contribution is 9.10. The lowest BCUT2D eigenvalue weighted by Crippen LogP contribution is -1.99. The van der Waals surface area contributed by atoms with Crippen LogP contribution in [0.5, 0.6) is 5.75 Å². The summed E-state index contributed by atoms with van der Waals surface area (Å²) in [6.07, 6.45) is 3.34. The van der Waals surface area contributed by atoms with Gasteiger partial charge in [0.25, 0.3) is 0 Å². The second kappa shape index (κ2) is 7.76. The summed E-state index contributed by atoms with van der Waals surface area (Å²) in [4.78, 5) is 12.0. The van der Waals surface area contributed by atoms with Gasteiger partial charge in [0.1, 0.15) is 5.75 Å². The van der Waals surface area contributed by atoms with Crippen LogP contribution in [0, 0.1) is 0 Å². The molecule has 0 saturated carbocycles. The largest absolute Gasteiger partial charge is 0.466 e. The van der Waals surface area contributed by atoms with Crippen molar-refractivity contribution in [2.75, 3.05) is 13.9 Å². The quantitative estimate of drug-likeness (QED) is 0.443. The molecule has 0 aliphatic heterocycles. The van der Waals surface area contributed by atoms with Gasteiger partial charge in [0.15, 0.2) is 12.6 Å². The topological polar surface area (TPSA) is 35.5 Å². The molecule has 0 fully saturated rings. The van der Waals surface area contributed by atoms with Crippen LogP contribution >= 0.6 is 15.9 Å². The van der Waals surface area contributed by atoms with E-state index in [0.29, 0.717) is 11.3 Å². The Labute approximate surface area is 132 Å². The summed E-state index contributed by atoms with van der Waals surface area (Å²) in [7, 11) is 1.57. The number of carbonyl (C=O) groups excluding carboxylic acids is 1. The molecule has 0 heterocycles. The van der Waals surface area contributed by atoms with Crippen LogP contribution in [0.4, 0.5) is 0 Å².